The molecule has 0 aliphatic rings. The van der Waals surface area contributed by atoms with E-state index in [0.717, 1.165) is 12.0 Å². The summed E-state index contributed by atoms with van der Waals surface area (Å²) in [5, 5.41) is 9.32. The average molecular weight is 258 g/mol. The number of aryl methyl sites for hydroxylation is 2. The number of carbonyl (C=O) groups excluding carboxylic acids is 1. The molecule has 5 heteroatoms. The lowest BCUT2D eigenvalue weighted by Crippen LogP contribution is -2.36. The Kier molecular flexibility index (Phi) is 4.30. The highest BCUT2D eigenvalue weighted by atomic mass is 16.2. The third-order valence-electron chi connectivity index (χ3n) is 3.00. The quantitative estimate of drug-likeness (QED) is 0.762. The Labute approximate surface area is 112 Å². The molecule has 1 aromatic heterocycles. The lowest BCUT2D eigenvalue weighted by Gasteiger charge is -2.11. The van der Waals surface area contributed by atoms with Gasteiger partial charge in [0.1, 0.15) is 5.82 Å². The fourth-order valence-electron chi connectivity index (χ4n) is 1.79. The molecule has 0 bridgehead atoms. The Morgan fingerprint density at radius 3 is 2.79 bits per heavy atom. The van der Waals surface area contributed by atoms with Crippen molar-refractivity contribution in [1.82, 2.24) is 10.2 Å². The molecule has 0 aliphatic heterocycles. The van der Waals surface area contributed by atoms with Crippen LogP contribution in [0.5, 0.6) is 0 Å². The van der Waals surface area contributed by atoms with Crippen LogP contribution in [0.25, 0.3) is 0 Å². The van der Waals surface area contributed by atoms with E-state index in [2.05, 4.69) is 15.5 Å². The summed E-state index contributed by atoms with van der Waals surface area (Å²) < 4.78 is 0. The first-order chi connectivity index (χ1) is 9.16. The summed E-state index contributed by atoms with van der Waals surface area (Å²) in [5.74, 6) is 0.420. The maximum atomic E-state index is 11.9. The molecule has 1 aromatic carbocycles. The van der Waals surface area contributed by atoms with E-state index in [1.807, 2.05) is 37.3 Å². The number of aromatic amines is 1. The van der Waals surface area contributed by atoms with Crippen LogP contribution in [0, 0.1) is 6.92 Å². The first kappa shape index (κ1) is 13.3. The first-order valence-corrected chi connectivity index (χ1v) is 6.27. The number of anilines is 1. The van der Waals surface area contributed by atoms with Crippen molar-refractivity contribution in [2.75, 3.05) is 5.32 Å². The SMILES string of the molecule is Cc1cn[nH]c1NC(=O)[C@@H](N)CCc1ccccc1. The van der Waals surface area contributed by atoms with Crippen molar-refractivity contribution >= 4 is 11.7 Å². The van der Waals surface area contributed by atoms with Gasteiger partial charge in [0.05, 0.1) is 12.2 Å². The van der Waals surface area contributed by atoms with Crippen LogP contribution in [0.1, 0.15) is 17.5 Å². The molecule has 2 rings (SSSR count). The second-order valence-electron chi connectivity index (χ2n) is 4.55. The summed E-state index contributed by atoms with van der Waals surface area (Å²) in [4.78, 5) is 11.9. The molecule has 0 fully saturated rings. The van der Waals surface area contributed by atoms with E-state index in [0.29, 0.717) is 12.2 Å². The van der Waals surface area contributed by atoms with Crippen molar-refractivity contribution in [1.29, 1.82) is 0 Å². The topological polar surface area (TPSA) is 83.8 Å². The third-order valence-corrected chi connectivity index (χ3v) is 3.00. The zero-order chi connectivity index (χ0) is 13.7. The number of rotatable bonds is 5. The molecule has 1 heterocycles. The van der Waals surface area contributed by atoms with Crippen molar-refractivity contribution in [3.63, 3.8) is 0 Å². The number of nitrogens with zero attached hydrogens (tertiary/aromatic N) is 1. The van der Waals surface area contributed by atoms with E-state index in [4.69, 9.17) is 5.73 Å². The van der Waals surface area contributed by atoms with E-state index in [9.17, 15) is 4.79 Å². The molecule has 0 saturated heterocycles. The number of H-pyrrole nitrogens is 1. The number of nitrogens with two attached hydrogens (primary N) is 1. The highest BCUT2D eigenvalue weighted by Crippen LogP contribution is 2.10. The molecule has 0 radical (unpaired) electrons. The van der Waals surface area contributed by atoms with Crippen molar-refractivity contribution in [2.24, 2.45) is 5.73 Å². The number of benzene rings is 1. The van der Waals surface area contributed by atoms with Crippen LogP contribution in [0.2, 0.25) is 0 Å². The maximum absolute atomic E-state index is 11.9. The van der Waals surface area contributed by atoms with Crippen LogP contribution >= 0.6 is 0 Å². The predicted molar refractivity (Wildman–Crippen MR) is 74.7 cm³/mol. The molecular formula is C14H18N4O. The lowest BCUT2D eigenvalue weighted by atomic mass is 10.1. The Bertz CT molecular complexity index is 535. The van der Waals surface area contributed by atoms with E-state index in [1.54, 1.807) is 6.20 Å². The Morgan fingerprint density at radius 1 is 1.42 bits per heavy atom. The van der Waals surface area contributed by atoms with Gasteiger partial charge in [-0.15, -0.1) is 0 Å². The molecule has 0 unspecified atom stereocenters. The monoisotopic (exact) mass is 258 g/mol. The van der Waals surface area contributed by atoms with Gasteiger partial charge in [-0.25, -0.2) is 0 Å². The van der Waals surface area contributed by atoms with Crippen molar-refractivity contribution in [3.8, 4) is 0 Å². The van der Waals surface area contributed by atoms with Crippen LogP contribution in [0.3, 0.4) is 0 Å². The fraction of sp³-hybridized carbons (Fsp3) is 0.286. The largest absolute Gasteiger partial charge is 0.320 e. The zero-order valence-corrected chi connectivity index (χ0v) is 10.9. The summed E-state index contributed by atoms with van der Waals surface area (Å²) in [6.45, 7) is 1.87. The van der Waals surface area contributed by atoms with Crippen molar-refractivity contribution in [2.45, 2.75) is 25.8 Å². The average Bonchev–Trinajstić information content (AvgIpc) is 2.82. The molecular weight excluding hydrogens is 240 g/mol. The Hall–Kier alpha value is -2.14. The molecule has 1 atom stereocenters. The highest BCUT2D eigenvalue weighted by molar-refractivity contribution is 5.94. The molecule has 19 heavy (non-hydrogen) atoms. The van der Waals surface area contributed by atoms with Gasteiger partial charge in [0.25, 0.3) is 0 Å². The van der Waals surface area contributed by atoms with E-state index in [1.165, 1.54) is 5.56 Å². The number of nitrogens with one attached hydrogen (secondary N) is 2. The predicted octanol–water partition coefficient (Wildman–Crippen LogP) is 1.62. The van der Waals surface area contributed by atoms with Gasteiger partial charge in [-0.05, 0) is 25.3 Å². The van der Waals surface area contributed by atoms with Crippen LogP contribution in [-0.2, 0) is 11.2 Å². The van der Waals surface area contributed by atoms with Crippen molar-refractivity contribution < 1.29 is 4.79 Å². The van der Waals surface area contributed by atoms with E-state index in [-0.39, 0.29) is 5.91 Å². The van der Waals surface area contributed by atoms with Gasteiger partial charge >= 0.3 is 0 Å². The molecule has 100 valence electrons. The number of hydrogen-bond acceptors (Lipinski definition) is 3. The Morgan fingerprint density at radius 2 is 2.16 bits per heavy atom. The number of carbonyl (C=O) groups is 1. The molecule has 2 aromatic rings. The molecule has 5 nitrogen and oxygen atoms in total. The number of aromatic nitrogens is 2. The zero-order valence-electron chi connectivity index (χ0n) is 10.9. The molecule has 0 saturated carbocycles. The van der Waals surface area contributed by atoms with Gasteiger partial charge in [-0.3, -0.25) is 9.89 Å². The van der Waals surface area contributed by atoms with E-state index >= 15 is 0 Å². The summed E-state index contributed by atoms with van der Waals surface area (Å²) in [5.41, 5.74) is 7.96. The molecule has 0 aliphatic carbocycles. The van der Waals surface area contributed by atoms with Crippen LogP contribution in [0.4, 0.5) is 5.82 Å². The van der Waals surface area contributed by atoms with Crippen molar-refractivity contribution in [3.05, 3.63) is 47.7 Å². The van der Waals surface area contributed by atoms with Gasteiger partial charge in [-0.1, -0.05) is 30.3 Å². The third kappa shape index (κ3) is 3.66. The van der Waals surface area contributed by atoms with Crippen LogP contribution < -0.4 is 11.1 Å². The lowest BCUT2D eigenvalue weighted by molar-refractivity contribution is -0.117. The van der Waals surface area contributed by atoms with Gasteiger partial charge in [-0.2, -0.15) is 5.10 Å². The van der Waals surface area contributed by atoms with Gasteiger partial charge in [0.2, 0.25) is 5.91 Å². The molecule has 0 spiro atoms. The smallest absolute Gasteiger partial charge is 0.242 e. The van der Waals surface area contributed by atoms with Gasteiger partial charge in [0, 0.05) is 5.56 Å². The molecule has 4 N–H and O–H groups in total. The molecule has 1 amide bonds. The second kappa shape index (κ2) is 6.15. The summed E-state index contributed by atoms with van der Waals surface area (Å²) in [7, 11) is 0. The maximum Gasteiger partial charge on any atom is 0.242 e. The number of amides is 1. The normalized spacial score (nSPS) is 12.1. The first-order valence-electron chi connectivity index (χ1n) is 6.27. The van der Waals surface area contributed by atoms with Gasteiger partial charge < -0.3 is 11.1 Å². The summed E-state index contributed by atoms with van der Waals surface area (Å²) >= 11 is 0. The van der Waals surface area contributed by atoms with Crippen LogP contribution in [-0.4, -0.2) is 22.1 Å². The van der Waals surface area contributed by atoms with Gasteiger partial charge in [0.15, 0.2) is 0 Å². The standard InChI is InChI=1S/C14H18N4O/c1-10-9-16-18-13(10)17-14(19)12(15)8-7-11-5-3-2-4-6-11/h2-6,9,12H,7-8,15H2,1H3,(H2,16,17,18,19)/t12-/m0/s1. The number of hydrogen-bond donors (Lipinski definition) is 3. The van der Waals surface area contributed by atoms with E-state index < -0.39 is 6.04 Å². The van der Waals surface area contributed by atoms with Crippen LogP contribution in [0.15, 0.2) is 36.5 Å². The minimum atomic E-state index is -0.525. The Balaban J connectivity index is 1.84. The highest BCUT2D eigenvalue weighted by Gasteiger charge is 2.15. The minimum absolute atomic E-state index is 0.191. The summed E-state index contributed by atoms with van der Waals surface area (Å²) in [6.07, 6.45) is 3.06. The fourth-order valence-corrected chi connectivity index (χ4v) is 1.79. The minimum Gasteiger partial charge on any atom is -0.320 e. The second-order valence-corrected chi connectivity index (χ2v) is 4.55. The summed E-state index contributed by atoms with van der Waals surface area (Å²) in [6, 6.07) is 9.47.